The lowest BCUT2D eigenvalue weighted by Crippen LogP contribution is -2.29. The van der Waals surface area contributed by atoms with Crippen molar-refractivity contribution in [1.82, 2.24) is 10.2 Å². The number of nitrogens with one attached hydrogen (secondary N) is 1. The van der Waals surface area contributed by atoms with Gasteiger partial charge in [-0.15, -0.1) is 0 Å². The molecule has 17 heavy (non-hydrogen) atoms. The molecule has 1 atom stereocenters. The van der Waals surface area contributed by atoms with Gasteiger partial charge in [0.15, 0.2) is 0 Å². The second kappa shape index (κ2) is 5.51. The highest BCUT2D eigenvalue weighted by Crippen LogP contribution is 2.23. The van der Waals surface area contributed by atoms with Gasteiger partial charge in [0.1, 0.15) is 0 Å². The second-order valence-electron chi connectivity index (χ2n) is 4.08. The van der Waals surface area contributed by atoms with E-state index in [4.69, 9.17) is 5.11 Å². The number of urea groups is 1. The normalized spacial score (nSPS) is 19.5. The van der Waals surface area contributed by atoms with Gasteiger partial charge in [-0.1, -0.05) is 28.1 Å². The molecule has 5 heteroatoms. The first-order valence-electron chi connectivity index (χ1n) is 5.62. The van der Waals surface area contributed by atoms with E-state index in [1.807, 2.05) is 24.3 Å². The number of rotatable bonds is 4. The van der Waals surface area contributed by atoms with E-state index >= 15 is 0 Å². The average Bonchev–Trinajstić information content (AvgIpc) is 2.68. The van der Waals surface area contributed by atoms with Crippen molar-refractivity contribution in [3.63, 3.8) is 0 Å². The molecule has 92 valence electrons. The van der Waals surface area contributed by atoms with Gasteiger partial charge in [0.25, 0.3) is 0 Å². The third-order valence-corrected chi connectivity index (χ3v) is 3.32. The third kappa shape index (κ3) is 2.98. The first-order chi connectivity index (χ1) is 8.20. The summed E-state index contributed by atoms with van der Waals surface area (Å²) >= 11 is 3.42. The summed E-state index contributed by atoms with van der Waals surface area (Å²) in [4.78, 5) is 13.4. The van der Waals surface area contributed by atoms with Crippen molar-refractivity contribution >= 4 is 22.0 Å². The van der Waals surface area contributed by atoms with Crippen LogP contribution in [0, 0.1) is 0 Å². The van der Waals surface area contributed by atoms with Gasteiger partial charge in [-0.2, -0.15) is 0 Å². The van der Waals surface area contributed by atoms with Crippen LogP contribution in [0.3, 0.4) is 0 Å². The van der Waals surface area contributed by atoms with Crippen molar-refractivity contribution in [2.75, 3.05) is 19.7 Å². The van der Waals surface area contributed by atoms with Gasteiger partial charge >= 0.3 is 6.03 Å². The van der Waals surface area contributed by atoms with Gasteiger partial charge in [-0.3, -0.25) is 0 Å². The van der Waals surface area contributed by atoms with E-state index in [0.717, 1.165) is 10.0 Å². The molecule has 2 rings (SSSR count). The number of carbonyl (C=O) groups excluding carboxylic acids is 1. The van der Waals surface area contributed by atoms with E-state index < -0.39 is 0 Å². The van der Waals surface area contributed by atoms with Crippen LogP contribution < -0.4 is 5.32 Å². The maximum atomic E-state index is 11.7. The van der Waals surface area contributed by atoms with E-state index in [0.29, 0.717) is 19.5 Å². The van der Waals surface area contributed by atoms with Gasteiger partial charge in [-0.25, -0.2) is 4.79 Å². The summed E-state index contributed by atoms with van der Waals surface area (Å²) < 4.78 is 1.01. The second-order valence-corrected chi connectivity index (χ2v) is 5.00. The minimum absolute atomic E-state index is 0.0405. The van der Waals surface area contributed by atoms with Crippen molar-refractivity contribution in [2.45, 2.75) is 12.5 Å². The lowest BCUT2D eigenvalue weighted by molar-refractivity contribution is 0.209. The van der Waals surface area contributed by atoms with Crippen LogP contribution in [0.25, 0.3) is 0 Å². The molecule has 0 saturated carbocycles. The predicted molar refractivity (Wildman–Crippen MR) is 68.7 cm³/mol. The summed E-state index contributed by atoms with van der Waals surface area (Å²) in [7, 11) is 0. The predicted octanol–water partition coefficient (Wildman–Crippen LogP) is 1.90. The minimum atomic E-state index is -0.0524. The zero-order chi connectivity index (χ0) is 12.3. The number of nitrogens with zero attached hydrogens (tertiary/aromatic N) is 1. The summed E-state index contributed by atoms with van der Waals surface area (Å²) in [5, 5.41) is 11.7. The van der Waals surface area contributed by atoms with Crippen LogP contribution in [0.15, 0.2) is 28.7 Å². The van der Waals surface area contributed by atoms with E-state index in [9.17, 15) is 4.79 Å². The first kappa shape index (κ1) is 12.4. The maximum absolute atomic E-state index is 11.7. The number of hydrogen-bond donors (Lipinski definition) is 2. The zero-order valence-corrected chi connectivity index (χ0v) is 11.0. The molecule has 0 aromatic heterocycles. The molecule has 4 nitrogen and oxygen atoms in total. The Labute approximate surface area is 109 Å². The van der Waals surface area contributed by atoms with Gasteiger partial charge in [-0.05, 0) is 24.1 Å². The minimum Gasteiger partial charge on any atom is -0.396 e. The quantitative estimate of drug-likeness (QED) is 0.892. The molecule has 0 aliphatic carbocycles. The fourth-order valence-corrected chi connectivity index (χ4v) is 2.37. The number of aliphatic hydroxyl groups is 1. The van der Waals surface area contributed by atoms with Crippen LogP contribution in [0.2, 0.25) is 0 Å². The molecule has 1 fully saturated rings. The Morgan fingerprint density at radius 3 is 3.06 bits per heavy atom. The lowest BCUT2D eigenvalue weighted by Gasteiger charge is -2.13. The van der Waals surface area contributed by atoms with Crippen LogP contribution in [0.5, 0.6) is 0 Å². The molecule has 0 bridgehead atoms. The fourth-order valence-electron chi connectivity index (χ4n) is 1.96. The van der Waals surface area contributed by atoms with E-state index in [2.05, 4.69) is 21.2 Å². The van der Waals surface area contributed by atoms with Gasteiger partial charge in [0, 0.05) is 24.2 Å². The van der Waals surface area contributed by atoms with E-state index in [-0.39, 0.29) is 18.7 Å². The standard InChI is InChI=1S/C12H15BrN2O2/c13-10-4-1-3-9(7-10)11-8-15(5-2-6-16)12(17)14-11/h1,3-4,7,11,16H,2,5-6,8H2,(H,14,17). The highest BCUT2D eigenvalue weighted by molar-refractivity contribution is 9.10. The Bertz CT molecular complexity index is 411. The van der Waals surface area contributed by atoms with Crippen LogP contribution in [0.1, 0.15) is 18.0 Å². The van der Waals surface area contributed by atoms with Gasteiger partial charge in [0.2, 0.25) is 0 Å². The molecule has 1 aliphatic rings. The van der Waals surface area contributed by atoms with Crippen molar-refractivity contribution in [3.05, 3.63) is 34.3 Å². The summed E-state index contributed by atoms with van der Waals surface area (Å²) in [6.07, 6.45) is 0.624. The summed E-state index contributed by atoms with van der Waals surface area (Å²) in [6, 6.07) is 7.93. The molecule has 2 N–H and O–H groups in total. The third-order valence-electron chi connectivity index (χ3n) is 2.83. The molecule has 1 unspecified atom stereocenters. The Hall–Kier alpha value is -1.07. The van der Waals surface area contributed by atoms with Crippen LogP contribution >= 0.6 is 15.9 Å². The maximum Gasteiger partial charge on any atom is 0.318 e. The number of amides is 2. The summed E-state index contributed by atoms with van der Waals surface area (Å²) in [6.45, 7) is 1.38. The lowest BCUT2D eigenvalue weighted by atomic mass is 10.1. The van der Waals surface area contributed by atoms with Gasteiger partial charge < -0.3 is 15.3 Å². The van der Waals surface area contributed by atoms with Crippen molar-refractivity contribution in [3.8, 4) is 0 Å². The topological polar surface area (TPSA) is 52.6 Å². The molecule has 1 aliphatic heterocycles. The SMILES string of the molecule is O=C1NC(c2cccc(Br)c2)CN1CCCO. The fraction of sp³-hybridized carbons (Fsp3) is 0.417. The molecule has 0 radical (unpaired) electrons. The molecular formula is C12H15BrN2O2. The number of halogens is 1. The van der Waals surface area contributed by atoms with Crippen molar-refractivity contribution in [1.29, 1.82) is 0 Å². The highest BCUT2D eigenvalue weighted by atomic mass is 79.9. The largest absolute Gasteiger partial charge is 0.396 e. The van der Waals surface area contributed by atoms with Crippen LogP contribution in [-0.4, -0.2) is 35.7 Å². The Morgan fingerprint density at radius 1 is 1.53 bits per heavy atom. The summed E-state index contributed by atoms with van der Waals surface area (Å²) in [5.41, 5.74) is 1.10. The molecule has 1 saturated heterocycles. The van der Waals surface area contributed by atoms with Crippen molar-refractivity contribution < 1.29 is 9.90 Å². The summed E-state index contributed by atoms with van der Waals surface area (Å²) in [5.74, 6) is 0. The molecule has 2 amide bonds. The molecule has 1 aromatic rings. The molecule has 1 heterocycles. The monoisotopic (exact) mass is 298 g/mol. The van der Waals surface area contributed by atoms with Gasteiger partial charge in [0.05, 0.1) is 6.04 Å². The number of carbonyl (C=O) groups is 1. The number of benzene rings is 1. The Kier molecular flexibility index (Phi) is 4.02. The van der Waals surface area contributed by atoms with Crippen molar-refractivity contribution in [2.24, 2.45) is 0 Å². The first-order valence-corrected chi connectivity index (χ1v) is 6.42. The number of aliphatic hydroxyl groups excluding tert-OH is 1. The average molecular weight is 299 g/mol. The van der Waals surface area contributed by atoms with Crippen LogP contribution in [0.4, 0.5) is 4.79 Å². The smallest absolute Gasteiger partial charge is 0.318 e. The van der Waals surface area contributed by atoms with E-state index in [1.165, 1.54) is 0 Å². The molecular weight excluding hydrogens is 284 g/mol. The Morgan fingerprint density at radius 2 is 2.35 bits per heavy atom. The molecule has 0 spiro atoms. The molecule has 1 aromatic carbocycles. The van der Waals surface area contributed by atoms with Crippen LogP contribution in [-0.2, 0) is 0 Å². The highest BCUT2D eigenvalue weighted by Gasteiger charge is 2.28. The number of hydrogen-bond acceptors (Lipinski definition) is 2. The van der Waals surface area contributed by atoms with E-state index in [1.54, 1.807) is 4.90 Å². The Balaban J connectivity index is 2.03. The zero-order valence-electron chi connectivity index (χ0n) is 9.40.